The average molecular weight is 390 g/mol. The Morgan fingerprint density at radius 2 is 1.88 bits per heavy atom. The molecular weight excluding hydrogens is 371 g/mol. The number of nitrogens with two attached hydrogens (primary N) is 1. The highest BCUT2D eigenvalue weighted by Gasteiger charge is 2.32. The molecule has 10 heteroatoms. The van der Waals surface area contributed by atoms with Crippen molar-refractivity contribution in [3.63, 3.8) is 0 Å². The Balaban J connectivity index is 1.94. The summed E-state index contributed by atoms with van der Waals surface area (Å²) in [5.41, 5.74) is 5.80. The highest BCUT2D eigenvalue weighted by Crippen LogP contribution is 2.20. The summed E-state index contributed by atoms with van der Waals surface area (Å²) in [4.78, 5) is 18.8. The normalized spacial score (nSPS) is 16.4. The minimum atomic E-state index is -4.23. The topological polar surface area (TPSA) is 67.4 Å². The predicted molar refractivity (Wildman–Crippen MR) is 94.2 cm³/mol. The third kappa shape index (κ3) is 3.94. The van der Waals surface area contributed by atoms with Gasteiger partial charge in [0.15, 0.2) is 0 Å². The van der Waals surface area contributed by atoms with Gasteiger partial charge < -0.3 is 10.7 Å². The SMILES string of the molecule is NCCc1nc2cccc(Cl)c2c(=O)n1N1CCN(CC(F)(F)F)CC1. The summed E-state index contributed by atoms with van der Waals surface area (Å²) < 4.78 is 39.1. The van der Waals surface area contributed by atoms with E-state index in [0.29, 0.717) is 34.7 Å². The molecule has 1 aliphatic heterocycles. The minimum Gasteiger partial charge on any atom is -0.330 e. The Kier molecular flexibility index (Phi) is 5.40. The number of benzene rings is 1. The van der Waals surface area contributed by atoms with Crippen LogP contribution in [0.1, 0.15) is 5.82 Å². The van der Waals surface area contributed by atoms with Crippen LogP contribution in [0.5, 0.6) is 0 Å². The second-order valence-electron chi connectivity index (χ2n) is 6.16. The van der Waals surface area contributed by atoms with E-state index in [-0.39, 0.29) is 31.7 Å². The number of halogens is 4. The Morgan fingerprint density at radius 3 is 2.50 bits per heavy atom. The third-order valence-corrected chi connectivity index (χ3v) is 4.61. The van der Waals surface area contributed by atoms with Gasteiger partial charge in [0.05, 0.1) is 22.5 Å². The Bertz CT molecular complexity index is 846. The highest BCUT2D eigenvalue weighted by molar-refractivity contribution is 6.35. The lowest BCUT2D eigenvalue weighted by atomic mass is 10.2. The summed E-state index contributed by atoms with van der Waals surface area (Å²) in [6.07, 6.45) is -3.86. The van der Waals surface area contributed by atoms with Crippen LogP contribution in [0, 0.1) is 0 Å². The van der Waals surface area contributed by atoms with Crippen molar-refractivity contribution in [2.75, 3.05) is 44.3 Å². The lowest BCUT2D eigenvalue weighted by Gasteiger charge is -2.37. The summed E-state index contributed by atoms with van der Waals surface area (Å²) in [7, 11) is 0. The molecule has 2 N–H and O–H groups in total. The molecule has 6 nitrogen and oxygen atoms in total. The Morgan fingerprint density at radius 1 is 1.19 bits per heavy atom. The summed E-state index contributed by atoms with van der Waals surface area (Å²) in [5, 5.41) is 2.31. The number of nitrogens with zero attached hydrogens (tertiary/aromatic N) is 4. The molecule has 142 valence electrons. The van der Waals surface area contributed by atoms with Crippen LogP contribution in [0.25, 0.3) is 10.9 Å². The zero-order valence-electron chi connectivity index (χ0n) is 14.0. The standard InChI is InChI=1S/C16H19ClF3N5O/c17-11-2-1-3-12-14(11)15(26)25(13(22-12)4-5-21)24-8-6-23(7-9-24)10-16(18,19)20/h1-3H,4-10,21H2. The number of rotatable bonds is 4. The molecule has 26 heavy (non-hydrogen) atoms. The molecule has 0 spiro atoms. The average Bonchev–Trinajstić information content (AvgIpc) is 2.55. The fraction of sp³-hybridized carbons (Fsp3) is 0.500. The maximum atomic E-state index is 13.0. The number of alkyl halides is 3. The molecule has 0 radical (unpaired) electrons. The highest BCUT2D eigenvalue weighted by atomic mass is 35.5. The van der Waals surface area contributed by atoms with E-state index in [9.17, 15) is 18.0 Å². The molecule has 0 unspecified atom stereocenters. The molecular formula is C16H19ClF3N5O. The first-order valence-electron chi connectivity index (χ1n) is 8.24. The molecule has 0 atom stereocenters. The van der Waals surface area contributed by atoms with Gasteiger partial charge in [-0.1, -0.05) is 17.7 Å². The van der Waals surface area contributed by atoms with Crippen molar-refractivity contribution in [2.45, 2.75) is 12.6 Å². The number of piperazine rings is 1. The van der Waals surface area contributed by atoms with Crippen LogP contribution in [-0.2, 0) is 6.42 Å². The first-order valence-corrected chi connectivity index (χ1v) is 8.62. The quantitative estimate of drug-likeness (QED) is 0.855. The van der Waals surface area contributed by atoms with Crippen LogP contribution < -0.4 is 16.3 Å². The van der Waals surface area contributed by atoms with E-state index >= 15 is 0 Å². The van der Waals surface area contributed by atoms with E-state index in [1.54, 1.807) is 23.2 Å². The summed E-state index contributed by atoms with van der Waals surface area (Å²) in [5.74, 6) is 0.483. The van der Waals surface area contributed by atoms with Gasteiger partial charge in [-0.2, -0.15) is 13.2 Å². The van der Waals surface area contributed by atoms with Crippen LogP contribution in [0.15, 0.2) is 23.0 Å². The van der Waals surface area contributed by atoms with Crippen LogP contribution in [0.2, 0.25) is 5.02 Å². The van der Waals surface area contributed by atoms with Crippen molar-refractivity contribution >= 4 is 22.5 Å². The van der Waals surface area contributed by atoms with Crippen LogP contribution in [0.3, 0.4) is 0 Å². The molecule has 3 rings (SSSR count). The molecule has 1 saturated heterocycles. The van der Waals surface area contributed by atoms with E-state index < -0.39 is 12.7 Å². The van der Waals surface area contributed by atoms with E-state index in [1.807, 2.05) is 0 Å². The number of fused-ring (bicyclic) bond motifs is 1. The van der Waals surface area contributed by atoms with E-state index in [4.69, 9.17) is 17.3 Å². The van der Waals surface area contributed by atoms with Crippen molar-refractivity contribution in [2.24, 2.45) is 5.73 Å². The molecule has 1 aromatic heterocycles. The summed E-state index contributed by atoms with van der Waals surface area (Å²) in [6.45, 7) is 0.319. The van der Waals surface area contributed by atoms with Crippen LogP contribution in [-0.4, -0.2) is 60.0 Å². The van der Waals surface area contributed by atoms with Crippen LogP contribution in [0.4, 0.5) is 13.2 Å². The third-order valence-electron chi connectivity index (χ3n) is 4.29. The largest absolute Gasteiger partial charge is 0.401 e. The molecule has 2 aromatic rings. The fourth-order valence-corrected chi connectivity index (χ4v) is 3.41. The zero-order chi connectivity index (χ0) is 18.9. The van der Waals surface area contributed by atoms with E-state index in [1.165, 1.54) is 9.58 Å². The van der Waals surface area contributed by atoms with Crippen molar-refractivity contribution in [1.29, 1.82) is 0 Å². The summed E-state index contributed by atoms with van der Waals surface area (Å²) >= 11 is 6.17. The lowest BCUT2D eigenvalue weighted by Crippen LogP contribution is -2.56. The number of aromatic nitrogens is 2. The van der Waals surface area contributed by atoms with Gasteiger partial charge in [0, 0.05) is 32.6 Å². The van der Waals surface area contributed by atoms with Gasteiger partial charge >= 0.3 is 6.18 Å². The fourth-order valence-electron chi connectivity index (χ4n) is 3.16. The smallest absolute Gasteiger partial charge is 0.330 e. The van der Waals surface area contributed by atoms with Crippen molar-refractivity contribution in [3.05, 3.63) is 39.4 Å². The lowest BCUT2D eigenvalue weighted by molar-refractivity contribution is -0.146. The molecule has 2 heterocycles. The van der Waals surface area contributed by atoms with Gasteiger partial charge in [0.2, 0.25) is 0 Å². The molecule has 1 fully saturated rings. The molecule has 0 amide bonds. The first kappa shape index (κ1) is 18.9. The zero-order valence-corrected chi connectivity index (χ0v) is 14.7. The Labute approximate surface area is 152 Å². The number of hydrogen-bond donors (Lipinski definition) is 1. The van der Waals surface area contributed by atoms with Gasteiger partial charge in [-0.05, 0) is 18.7 Å². The maximum Gasteiger partial charge on any atom is 0.401 e. The van der Waals surface area contributed by atoms with Gasteiger partial charge in [0.25, 0.3) is 5.56 Å². The monoisotopic (exact) mass is 389 g/mol. The van der Waals surface area contributed by atoms with Crippen molar-refractivity contribution < 1.29 is 13.2 Å². The molecule has 0 aliphatic carbocycles. The van der Waals surface area contributed by atoms with Gasteiger partial charge in [-0.25, -0.2) is 9.66 Å². The minimum absolute atomic E-state index is 0.203. The molecule has 0 saturated carbocycles. The molecule has 1 aliphatic rings. The van der Waals surface area contributed by atoms with E-state index in [0.717, 1.165) is 0 Å². The van der Waals surface area contributed by atoms with Crippen molar-refractivity contribution in [1.82, 2.24) is 14.6 Å². The van der Waals surface area contributed by atoms with Gasteiger partial charge in [0.1, 0.15) is 5.82 Å². The van der Waals surface area contributed by atoms with Crippen LogP contribution >= 0.6 is 11.6 Å². The summed E-state index contributed by atoms with van der Waals surface area (Å²) in [6, 6.07) is 5.03. The van der Waals surface area contributed by atoms with Gasteiger partial charge in [-0.3, -0.25) is 9.69 Å². The number of hydrogen-bond acceptors (Lipinski definition) is 5. The predicted octanol–water partition coefficient (Wildman–Crippen LogP) is 1.37. The second-order valence-corrected chi connectivity index (χ2v) is 6.57. The first-order chi connectivity index (χ1) is 12.3. The Hall–Kier alpha value is -1.84. The van der Waals surface area contributed by atoms with Crippen molar-refractivity contribution in [3.8, 4) is 0 Å². The maximum absolute atomic E-state index is 13.0. The van der Waals surface area contributed by atoms with E-state index in [2.05, 4.69) is 4.98 Å². The molecule has 0 bridgehead atoms. The second kappa shape index (κ2) is 7.42. The van der Waals surface area contributed by atoms with Gasteiger partial charge in [-0.15, -0.1) is 0 Å². The molecule has 1 aromatic carbocycles.